The van der Waals surface area contributed by atoms with Crippen LogP contribution in [0.1, 0.15) is 19.4 Å². The molecule has 0 saturated carbocycles. The van der Waals surface area contributed by atoms with Crippen LogP contribution in [-0.4, -0.2) is 20.4 Å². The Balaban J connectivity index is 2.21. The largest absolute Gasteiger partial charge is 0.325 e. The number of carbonyl (C=O) groups is 1. The van der Waals surface area contributed by atoms with Gasteiger partial charge in [0, 0.05) is 5.69 Å². The van der Waals surface area contributed by atoms with Gasteiger partial charge < -0.3 is 5.32 Å². The second kappa shape index (κ2) is 7.76. The van der Waals surface area contributed by atoms with Crippen molar-refractivity contribution in [2.45, 2.75) is 31.7 Å². The van der Waals surface area contributed by atoms with Crippen LogP contribution in [0.15, 0.2) is 53.4 Å². The number of hydrogen-bond donors (Lipinski definition) is 2. The molecule has 0 aliphatic rings. The molecule has 0 fully saturated rings. The lowest BCUT2D eigenvalue weighted by molar-refractivity contribution is -0.118. The summed E-state index contributed by atoms with van der Waals surface area (Å²) in [6.07, 6.45) is 0. The van der Waals surface area contributed by atoms with E-state index >= 15 is 0 Å². The molecule has 7 heteroatoms. The molecule has 1 atom stereocenters. The van der Waals surface area contributed by atoms with Gasteiger partial charge in [-0.2, -0.15) is 4.72 Å². The molecule has 0 bridgehead atoms. The van der Waals surface area contributed by atoms with Crippen LogP contribution >= 0.6 is 0 Å². The highest BCUT2D eigenvalue weighted by Gasteiger charge is 2.29. The van der Waals surface area contributed by atoms with Crippen molar-refractivity contribution in [1.29, 1.82) is 0 Å². The lowest BCUT2D eigenvalue weighted by Gasteiger charge is -2.22. The zero-order valence-electron chi connectivity index (χ0n) is 14.3. The van der Waals surface area contributed by atoms with E-state index in [1.54, 1.807) is 26.0 Å². The van der Waals surface area contributed by atoms with E-state index in [1.807, 2.05) is 19.1 Å². The minimum absolute atomic E-state index is 0.327. The Kier molecular flexibility index (Phi) is 5.92. The predicted octanol–water partition coefficient (Wildman–Crippen LogP) is 3.08. The Morgan fingerprint density at radius 3 is 2.20 bits per heavy atom. The van der Waals surface area contributed by atoms with Crippen molar-refractivity contribution in [2.75, 3.05) is 5.32 Å². The van der Waals surface area contributed by atoms with E-state index in [9.17, 15) is 17.6 Å². The van der Waals surface area contributed by atoms with Gasteiger partial charge in [0.1, 0.15) is 16.8 Å². The third-order valence-electron chi connectivity index (χ3n) is 3.68. The molecular weight excluding hydrogens is 343 g/mol. The van der Waals surface area contributed by atoms with E-state index in [4.69, 9.17) is 0 Å². The van der Waals surface area contributed by atoms with Gasteiger partial charge >= 0.3 is 0 Å². The van der Waals surface area contributed by atoms with E-state index < -0.39 is 32.7 Å². The van der Waals surface area contributed by atoms with Gasteiger partial charge in [0.25, 0.3) is 0 Å². The van der Waals surface area contributed by atoms with E-state index in [-0.39, 0.29) is 5.92 Å². The topological polar surface area (TPSA) is 75.3 Å². The third-order valence-corrected chi connectivity index (χ3v) is 5.15. The second-order valence-corrected chi connectivity index (χ2v) is 7.81. The molecule has 0 aromatic heterocycles. The molecule has 2 aromatic carbocycles. The first-order valence-corrected chi connectivity index (χ1v) is 9.33. The molecule has 1 amide bonds. The number of aryl methyl sites for hydroxylation is 1. The maximum Gasteiger partial charge on any atom is 0.244 e. The first kappa shape index (κ1) is 19.1. The van der Waals surface area contributed by atoms with Gasteiger partial charge in [-0.05, 0) is 37.1 Å². The zero-order chi connectivity index (χ0) is 18.6. The molecule has 0 aliphatic carbocycles. The van der Waals surface area contributed by atoms with Gasteiger partial charge in [0.15, 0.2) is 0 Å². The van der Waals surface area contributed by atoms with Crippen molar-refractivity contribution in [3.05, 3.63) is 59.9 Å². The maximum atomic E-state index is 13.8. The van der Waals surface area contributed by atoms with Gasteiger partial charge in [-0.25, -0.2) is 12.8 Å². The molecule has 0 aliphatic heterocycles. The number of amides is 1. The molecule has 0 saturated heterocycles. The van der Waals surface area contributed by atoms with Gasteiger partial charge in [-0.3, -0.25) is 4.79 Å². The summed E-state index contributed by atoms with van der Waals surface area (Å²) in [5.74, 6) is -1.69. The average molecular weight is 364 g/mol. The van der Waals surface area contributed by atoms with E-state index in [1.165, 1.54) is 12.1 Å². The Morgan fingerprint density at radius 2 is 1.64 bits per heavy atom. The van der Waals surface area contributed by atoms with Crippen LogP contribution in [0.3, 0.4) is 0 Å². The van der Waals surface area contributed by atoms with E-state index in [0.717, 1.165) is 17.7 Å². The normalized spacial score (nSPS) is 12.8. The van der Waals surface area contributed by atoms with Crippen LogP contribution in [-0.2, 0) is 14.8 Å². The fourth-order valence-electron chi connectivity index (χ4n) is 2.24. The third kappa shape index (κ3) is 4.87. The molecule has 25 heavy (non-hydrogen) atoms. The summed E-state index contributed by atoms with van der Waals surface area (Å²) in [7, 11) is -4.17. The highest BCUT2D eigenvalue weighted by atomic mass is 32.2. The van der Waals surface area contributed by atoms with Crippen LogP contribution in [0.25, 0.3) is 0 Å². The monoisotopic (exact) mass is 364 g/mol. The average Bonchev–Trinajstić information content (AvgIpc) is 2.54. The number of benzene rings is 2. The van der Waals surface area contributed by atoms with Gasteiger partial charge in [0.05, 0.1) is 0 Å². The molecule has 134 valence electrons. The summed E-state index contributed by atoms with van der Waals surface area (Å²) in [6.45, 7) is 5.34. The van der Waals surface area contributed by atoms with Crippen LogP contribution in [0.5, 0.6) is 0 Å². The molecule has 0 heterocycles. The second-order valence-electron chi connectivity index (χ2n) is 6.13. The van der Waals surface area contributed by atoms with Crippen LogP contribution < -0.4 is 10.0 Å². The molecule has 0 radical (unpaired) electrons. The van der Waals surface area contributed by atoms with Crippen molar-refractivity contribution in [1.82, 2.24) is 4.72 Å². The molecule has 0 spiro atoms. The van der Waals surface area contributed by atoms with Gasteiger partial charge in [0.2, 0.25) is 15.9 Å². The number of halogens is 1. The van der Waals surface area contributed by atoms with Gasteiger partial charge in [-0.1, -0.05) is 43.7 Å². The number of hydrogen-bond acceptors (Lipinski definition) is 3. The Hall–Kier alpha value is -2.25. The molecule has 5 nitrogen and oxygen atoms in total. The number of carbonyl (C=O) groups excluding carboxylic acids is 1. The van der Waals surface area contributed by atoms with E-state index in [2.05, 4.69) is 10.0 Å². The van der Waals surface area contributed by atoms with Crippen LogP contribution in [0.2, 0.25) is 0 Å². The molecular formula is C18H21FN2O3S. The Bertz CT molecular complexity index is 849. The Morgan fingerprint density at radius 1 is 1.04 bits per heavy atom. The zero-order valence-corrected chi connectivity index (χ0v) is 15.1. The standard InChI is InChI=1S/C18H21FN2O3S/c1-12(2)17(18(22)20-14-10-8-13(3)9-11-14)21-25(23,24)16-7-5-4-6-15(16)19/h4-12,17,21H,1-3H3,(H,20,22). The fourth-order valence-corrected chi connectivity index (χ4v) is 3.67. The summed E-state index contributed by atoms with van der Waals surface area (Å²) in [5.41, 5.74) is 1.60. The molecule has 2 rings (SSSR count). The van der Waals surface area contributed by atoms with E-state index in [0.29, 0.717) is 5.69 Å². The smallest absolute Gasteiger partial charge is 0.244 e. The van der Waals surface area contributed by atoms with Crippen LogP contribution in [0, 0.1) is 18.7 Å². The first-order valence-electron chi connectivity index (χ1n) is 7.85. The predicted molar refractivity (Wildman–Crippen MR) is 95.2 cm³/mol. The number of sulfonamides is 1. The summed E-state index contributed by atoms with van der Waals surface area (Å²) in [6, 6.07) is 11.1. The molecule has 1 unspecified atom stereocenters. The van der Waals surface area contributed by atoms with Crippen molar-refractivity contribution in [2.24, 2.45) is 5.92 Å². The summed E-state index contributed by atoms with van der Waals surface area (Å²) < 4.78 is 41.0. The highest BCUT2D eigenvalue weighted by Crippen LogP contribution is 2.17. The minimum atomic E-state index is -4.17. The lowest BCUT2D eigenvalue weighted by atomic mass is 10.0. The highest BCUT2D eigenvalue weighted by molar-refractivity contribution is 7.89. The fraction of sp³-hybridized carbons (Fsp3) is 0.278. The van der Waals surface area contributed by atoms with Crippen molar-refractivity contribution in [3.63, 3.8) is 0 Å². The molecule has 2 aromatic rings. The quantitative estimate of drug-likeness (QED) is 0.827. The summed E-state index contributed by atoms with van der Waals surface area (Å²) >= 11 is 0. The number of anilines is 1. The minimum Gasteiger partial charge on any atom is -0.325 e. The van der Waals surface area contributed by atoms with Gasteiger partial charge in [-0.15, -0.1) is 0 Å². The van der Waals surface area contributed by atoms with Crippen LogP contribution in [0.4, 0.5) is 10.1 Å². The SMILES string of the molecule is Cc1ccc(NC(=O)C(NS(=O)(=O)c2ccccc2F)C(C)C)cc1. The number of nitrogens with one attached hydrogen (secondary N) is 2. The van der Waals surface area contributed by atoms with Crippen molar-refractivity contribution < 1.29 is 17.6 Å². The summed E-state index contributed by atoms with van der Waals surface area (Å²) in [4.78, 5) is 12.0. The Labute approximate surface area is 147 Å². The first-order chi connectivity index (χ1) is 11.7. The number of rotatable bonds is 6. The van der Waals surface area contributed by atoms with Crippen molar-refractivity contribution in [3.8, 4) is 0 Å². The summed E-state index contributed by atoms with van der Waals surface area (Å²) in [5, 5.41) is 2.68. The van der Waals surface area contributed by atoms with Crippen molar-refractivity contribution >= 4 is 21.6 Å². The maximum absolute atomic E-state index is 13.8. The lowest BCUT2D eigenvalue weighted by Crippen LogP contribution is -2.47. The molecule has 2 N–H and O–H groups in total.